The Kier molecular flexibility index (Phi) is 6.77. The summed E-state index contributed by atoms with van der Waals surface area (Å²) in [4.78, 5) is 23.5. The minimum atomic E-state index is -0.890. The zero-order valence-electron chi connectivity index (χ0n) is 14.1. The van der Waals surface area contributed by atoms with Gasteiger partial charge in [-0.15, -0.1) is 24.2 Å². The largest absolute Gasteiger partial charge is 0.480 e. The first-order chi connectivity index (χ1) is 11.4. The number of fused-ring (bicyclic) bond motifs is 1. The zero-order valence-corrected chi connectivity index (χ0v) is 15.7. The Morgan fingerprint density at radius 2 is 1.92 bits per heavy atom. The summed E-state index contributed by atoms with van der Waals surface area (Å²) in [7, 11) is 0. The van der Waals surface area contributed by atoms with Crippen molar-refractivity contribution in [1.82, 2.24) is 5.32 Å². The lowest BCUT2D eigenvalue weighted by Gasteiger charge is -2.41. The molecule has 1 saturated heterocycles. The third kappa shape index (κ3) is 4.68. The number of carbonyl (C=O) groups is 2. The molecule has 1 aliphatic heterocycles. The molecule has 5 nitrogen and oxygen atoms in total. The van der Waals surface area contributed by atoms with Crippen molar-refractivity contribution in [3.8, 4) is 0 Å². The summed E-state index contributed by atoms with van der Waals surface area (Å²) < 4.78 is 0. The molecular formula is C18H24ClNO4S. The fourth-order valence-corrected chi connectivity index (χ4v) is 5.39. The van der Waals surface area contributed by atoms with Gasteiger partial charge in [-0.2, -0.15) is 0 Å². The van der Waals surface area contributed by atoms with Gasteiger partial charge in [0, 0.05) is 10.1 Å². The van der Waals surface area contributed by atoms with Crippen molar-refractivity contribution in [2.45, 2.75) is 48.8 Å². The van der Waals surface area contributed by atoms with E-state index in [1.54, 1.807) is 17.8 Å². The van der Waals surface area contributed by atoms with E-state index >= 15 is 0 Å². The van der Waals surface area contributed by atoms with E-state index in [4.69, 9.17) is 0 Å². The number of rotatable bonds is 4. The lowest BCUT2D eigenvalue weighted by atomic mass is 9.73. The van der Waals surface area contributed by atoms with Gasteiger partial charge >= 0.3 is 11.9 Å². The predicted molar refractivity (Wildman–Crippen MR) is 99.9 cm³/mol. The van der Waals surface area contributed by atoms with Gasteiger partial charge in [0.15, 0.2) is 0 Å². The molecular weight excluding hydrogens is 362 g/mol. The first-order valence-corrected chi connectivity index (χ1v) is 9.28. The zero-order chi connectivity index (χ0) is 17.3. The summed E-state index contributed by atoms with van der Waals surface area (Å²) in [5.41, 5.74) is 1.42. The van der Waals surface area contributed by atoms with Gasteiger partial charge in [-0.1, -0.05) is 6.07 Å². The summed E-state index contributed by atoms with van der Waals surface area (Å²) in [5.74, 6) is -0.695. The van der Waals surface area contributed by atoms with E-state index in [1.165, 1.54) is 0 Å². The maximum absolute atomic E-state index is 11.4. The molecule has 1 aliphatic carbocycles. The van der Waals surface area contributed by atoms with Crippen LogP contribution in [-0.4, -0.2) is 40.0 Å². The van der Waals surface area contributed by atoms with E-state index in [9.17, 15) is 19.8 Å². The van der Waals surface area contributed by atoms with Crippen molar-refractivity contribution in [1.29, 1.82) is 0 Å². The van der Waals surface area contributed by atoms with Crippen LogP contribution in [0.1, 0.15) is 41.6 Å². The fraction of sp³-hybridized carbons (Fsp3) is 0.556. The molecule has 138 valence electrons. The number of piperidine rings is 1. The summed E-state index contributed by atoms with van der Waals surface area (Å²) in [6.45, 7) is 2.75. The van der Waals surface area contributed by atoms with E-state index in [1.807, 2.05) is 19.1 Å². The molecule has 0 spiro atoms. The third-order valence-electron chi connectivity index (χ3n) is 5.22. The second-order valence-electron chi connectivity index (χ2n) is 6.91. The average molecular weight is 386 g/mol. The van der Waals surface area contributed by atoms with Gasteiger partial charge in [0.1, 0.15) is 6.04 Å². The molecule has 2 aliphatic rings. The molecule has 1 saturated carbocycles. The van der Waals surface area contributed by atoms with Crippen LogP contribution in [0, 0.1) is 18.8 Å². The Bertz CT molecular complexity index is 654. The van der Waals surface area contributed by atoms with Crippen molar-refractivity contribution in [3.05, 3.63) is 29.3 Å². The molecule has 25 heavy (non-hydrogen) atoms. The number of carboxylic acid groups (broad SMARTS) is 2. The van der Waals surface area contributed by atoms with E-state index in [0.29, 0.717) is 29.1 Å². The second-order valence-corrected chi connectivity index (χ2v) is 8.25. The minimum absolute atomic E-state index is 0. The number of carboxylic acids is 2. The van der Waals surface area contributed by atoms with Gasteiger partial charge in [-0.05, 0) is 68.7 Å². The number of thioether (sulfide) groups is 1. The van der Waals surface area contributed by atoms with E-state index < -0.39 is 18.0 Å². The van der Waals surface area contributed by atoms with Crippen LogP contribution in [0.2, 0.25) is 0 Å². The van der Waals surface area contributed by atoms with Crippen LogP contribution >= 0.6 is 24.2 Å². The molecule has 2 fully saturated rings. The quantitative estimate of drug-likeness (QED) is 0.736. The van der Waals surface area contributed by atoms with Crippen molar-refractivity contribution < 1.29 is 19.8 Å². The van der Waals surface area contributed by atoms with Crippen LogP contribution in [0.15, 0.2) is 23.1 Å². The molecule has 0 bridgehead atoms. The Morgan fingerprint density at radius 3 is 2.60 bits per heavy atom. The molecule has 4 unspecified atom stereocenters. The number of aromatic carboxylic acids is 1. The number of aryl methyl sites for hydroxylation is 1. The molecule has 7 heteroatoms. The molecule has 1 heterocycles. The van der Waals surface area contributed by atoms with Gasteiger partial charge < -0.3 is 15.5 Å². The maximum Gasteiger partial charge on any atom is 0.336 e. The number of benzene rings is 1. The third-order valence-corrected chi connectivity index (χ3v) is 6.57. The Balaban J connectivity index is 0.00000225. The van der Waals surface area contributed by atoms with Gasteiger partial charge in [0.25, 0.3) is 0 Å². The van der Waals surface area contributed by atoms with Gasteiger partial charge in [-0.3, -0.25) is 4.79 Å². The minimum Gasteiger partial charge on any atom is -0.480 e. The van der Waals surface area contributed by atoms with Crippen LogP contribution in [0.25, 0.3) is 0 Å². The number of aliphatic carboxylic acids is 1. The van der Waals surface area contributed by atoms with E-state index in [2.05, 4.69) is 5.32 Å². The lowest BCUT2D eigenvalue weighted by Crippen LogP contribution is -2.49. The highest BCUT2D eigenvalue weighted by molar-refractivity contribution is 8.00. The normalized spacial score (nSPS) is 28.5. The Morgan fingerprint density at radius 1 is 1.16 bits per heavy atom. The highest BCUT2D eigenvalue weighted by Crippen LogP contribution is 2.43. The van der Waals surface area contributed by atoms with Crippen LogP contribution in [0.3, 0.4) is 0 Å². The maximum atomic E-state index is 11.4. The number of hydrogen-bond acceptors (Lipinski definition) is 4. The van der Waals surface area contributed by atoms with Crippen molar-refractivity contribution in [2.24, 2.45) is 11.8 Å². The smallest absolute Gasteiger partial charge is 0.336 e. The topological polar surface area (TPSA) is 86.6 Å². The van der Waals surface area contributed by atoms with E-state index in [-0.39, 0.29) is 12.4 Å². The SMILES string of the molecule is Cc1ccc(C(=O)O)c(SC2CCC3CNC(C(=O)O)CC3C2)c1.Cl. The highest BCUT2D eigenvalue weighted by Gasteiger charge is 2.38. The molecule has 1 aromatic rings. The summed E-state index contributed by atoms with van der Waals surface area (Å²) in [5, 5.41) is 22.1. The molecule has 3 rings (SSSR count). The lowest BCUT2D eigenvalue weighted by molar-refractivity contribution is -0.141. The van der Waals surface area contributed by atoms with Gasteiger partial charge in [0.05, 0.1) is 5.56 Å². The van der Waals surface area contributed by atoms with Crippen molar-refractivity contribution in [2.75, 3.05) is 6.54 Å². The number of nitrogens with one attached hydrogen (secondary N) is 1. The standard InChI is InChI=1S/C18H23NO4S.ClH/c1-10-2-5-14(17(20)21)16(6-10)24-13-4-3-11-9-19-15(18(22)23)8-12(11)7-13;/h2,5-6,11-13,15,19H,3-4,7-9H2,1H3,(H,20,21)(H,22,23);1H. The molecule has 0 amide bonds. The molecule has 0 radical (unpaired) electrons. The van der Waals surface area contributed by atoms with Gasteiger partial charge in [0.2, 0.25) is 0 Å². The molecule has 0 aromatic heterocycles. The van der Waals surface area contributed by atoms with Crippen LogP contribution in [0.5, 0.6) is 0 Å². The monoisotopic (exact) mass is 385 g/mol. The van der Waals surface area contributed by atoms with E-state index in [0.717, 1.165) is 36.3 Å². The molecule has 4 atom stereocenters. The Hall–Kier alpha value is -1.24. The summed E-state index contributed by atoms with van der Waals surface area (Å²) in [6, 6.07) is 5.01. The highest BCUT2D eigenvalue weighted by atomic mass is 35.5. The summed E-state index contributed by atoms with van der Waals surface area (Å²) in [6.07, 6.45) is 3.78. The second kappa shape index (κ2) is 8.43. The van der Waals surface area contributed by atoms with Crippen molar-refractivity contribution in [3.63, 3.8) is 0 Å². The number of hydrogen-bond donors (Lipinski definition) is 3. The first kappa shape index (κ1) is 20.1. The van der Waals surface area contributed by atoms with Crippen LogP contribution in [0.4, 0.5) is 0 Å². The fourth-order valence-electron chi connectivity index (χ4n) is 3.90. The predicted octanol–water partition coefficient (Wildman–Crippen LogP) is 3.44. The summed E-state index contributed by atoms with van der Waals surface area (Å²) >= 11 is 1.65. The average Bonchev–Trinajstić information content (AvgIpc) is 2.54. The van der Waals surface area contributed by atoms with Crippen molar-refractivity contribution >= 4 is 36.1 Å². The molecule has 1 aromatic carbocycles. The Labute approximate surface area is 158 Å². The first-order valence-electron chi connectivity index (χ1n) is 8.41. The molecule has 3 N–H and O–H groups in total. The van der Waals surface area contributed by atoms with Gasteiger partial charge in [-0.25, -0.2) is 4.79 Å². The van der Waals surface area contributed by atoms with Crippen LogP contribution in [-0.2, 0) is 4.79 Å². The van der Waals surface area contributed by atoms with Crippen LogP contribution < -0.4 is 5.32 Å². The number of halogens is 1.